The van der Waals surface area contributed by atoms with Crippen LogP contribution in [0, 0.1) is 0 Å². The van der Waals surface area contributed by atoms with Gasteiger partial charge in [-0.2, -0.15) is 0 Å². The molecule has 7 heteroatoms. The highest BCUT2D eigenvalue weighted by atomic mass is 16.5. The third kappa shape index (κ3) is 4.21. The summed E-state index contributed by atoms with van der Waals surface area (Å²) < 4.78 is 9.81. The van der Waals surface area contributed by atoms with Crippen molar-refractivity contribution in [1.82, 2.24) is 15.2 Å². The van der Waals surface area contributed by atoms with Gasteiger partial charge >= 0.3 is 12.0 Å². The molecule has 1 aromatic heterocycles. The topological polar surface area (TPSA) is 84.7 Å². The summed E-state index contributed by atoms with van der Waals surface area (Å²) in [4.78, 5) is 29.2. The Labute approximate surface area is 123 Å². The minimum atomic E-state index is -0.546. The molecule has 0 radical (unpaired) electrons. The van der Waals surface area contributed by atoms with Gasteiger partial charge in [0.25, 0.3) is 0 Å². The molecule has 2 amide bonds. The lowest BCUT2D eigenvalue weighted by atomic mass is 10.3. The Hall–Kier alpha value is -2.05. The monoisotopic (exact) mass is 295 g/mol. The number of nitrogens with one attached hydrogen (secondary N) is 1. The molecular formula is C14H21N3O4. The van der Waals surface area contributed by atoms with Crippen molar-refractivity contribution in [1.29, 1.82) is 0 Å². The van der Waals surface area contributed by atoms with Crippen LogP contribution >= 0.6 is 0 Å². The van der Waals surface area contributed by atoms with Gasteiger partial charge in [0.2, 0.25) is 5.89 Å². The summed E-state index contributed by atoms with van der Waals surface area (Å²) >= 11 is 0. The molecule has 116 valence electrons. The summed E-state index contributed by atoms with van der Waals surface area (Å²) in [5.74, 6) is -0.205. The minimum Gasteiger partial charge on any atom is -0.464 e. The molecule has 1 heterocycles. The smallest absolute Gasteiger partial charge is 0.360 e. The van der Waals surface area contributed by atoms with E-state index in [9.17, 15) is 9.59 Å². The van der Waals surface area contributed by atoms with Gasteiger partial charge in [0, 0.05) is 12.6 Å². The van der Waals surface area contributed by atoms with Gasteiger partial charge in [0.05, 0.1) is 13.7 Å². The van der Waals surface area contributed by atoms with Crippen LogP contribution in [0.5, 0.6) is 0 Å². The molecule has 1 N–H and O–H groups in total. The van der Waals surface area contributed by atoms with Crippen molar-refractivity contribution in [3.05, 3.63) is 17.8 Å². The summed E-state index contributed by atoms with van der Waals surface area (Å²) in [6.45, 7) is 3.00. The Kier molecular flexibility index (Phi) is 5.19. The molecule has 0 aliphatic heterocycles. The molecular weight excluding hydrogens is 274 g/mol. The highest BCUT2D eigenvalue weighted by Gasteiger charge is 2.33. The van der Waals surface area contributed by atoms with Crippen LogP contribution in [0.4, 0.5) is 4.79 Å². The van der Waals surface area contributed by atoms with Gasteiger partial charge in [0.1, 0.15) is 6.26 Å². The van der Waals surface area contributed by atoms with Crippen LogP contribution in [-0.4, -0.2) is 41.6 Å². The first kappa shape index (κ1) is 15.3. The number of unbranched alkanes of at least 4 members (excludes halogenated alkanes) is 1. The highest BCUT2D eigenvalue weighted by Crippen LogP contribution is 2.28. The van der Waals surface area contributed by atoms with Crippen molar-refractivity contribution in [2.75, 3.05) is 13.7 Å². The largest absolute Gasteiger partial charge is 0.464 e. The Bertz CT molecular complexity index is 496. The van der Waals surface area contributed by atoms with Gasteiger partial charge in [-0.05, 0) is 19.3 Å². The lowest BCUT2D eigenvalue weighted by Gasteiger charge is -2.21. The van der Waals surface area contributed by atoms with E-state index in [1.54, 1.807) is 4.90 Å². The quantitative estimate of drug-likeness (QED) is 0.614. The Balaban J connectivity index is 1.94. The molecule has 1 saturated carbocycles. The standard InChI is InChI=1S/C14H21N3O4/c1-3-4-7-15-14(19)17(10-5-6-10)8-12-16-11(9-21-12)13(18)20-2/h9-10H,3-8H2,1-2H3,(H,15,19). The number of methoxy groups -OCH3 is 1. The van der Waals surface area contributed by atoms with Gasteiger partial charge < -0.3 is 19.4 Å². The molecule has 0 atom stereocenters. The summed E-state index contributed by atoms with van der Waals surface area (Å²) in [7, 11) is 1.29. The third-order valence-electron chi connectivity index (χ3n) is 3.31. The molecule has 0 bridgehead atoms. The van der Waals surface area contributed by atoms with Gasteiger partial charge in [0.15, 0.2) is 5.69 Å². The van der Waals surface area contributed by atoms with Crippen LogP contribution in [0.15, 0.2) is 10.7 Å². The fraction of sp³-hybridized carbons (Fsp3) is 0.643. The molecule has 0 unspecified atom stereocenters. The number of hydrogen-bond donors (Lipinski definition) is 1. The zero-order valence-electron chi connectivity index (χ0n) is 12.4. The number of aromatic nitrogens is 1. The highest BCUT2D eigenvalue weighted by molar-refractivity contribution is 5.86. The third-order valence-corrected chi connectivity index (χ3v) is 3.31. The zero-order chi connectivity index (χ0) is 15.2. The summed E-state index contributed by atoms with van der Waals surface area (Å²) in [6, 6.07) is 0.129. The lowest BCUT2D eigenvalue weighted by Crippen LogP contribution is -2.41. The number of carbonyl (C=O) groups is 2. The molecule has 0 saturated heterocycles. The van der Waals surface area contributed by atoms with Crippen LogP contribution in [0.1, 0.15) is 49.0 Å². The second-order valence-electron chi connectivity index (χ2n) is 5.06. The molecule has 2 rings (SSSR count). The maximum absolute atomic E-state index is 12.2. The number of nitrogens with zero attached hydrogens (tertiary/aromatic N) is 2. The van der Waals surface area contributed by atoms with E-state index in [-0.39, 0.29) is 24.3 Å². The Morgan fingerprint density at radius 3 is 2.90 bits per heavy atom. The molecule has 1 aromatic rings. The fourth-order valence-corrected chi connectivity index (χ4v) is 1.95. The van der Waals surface area contributed by atoms with Crippen LogP contribution in [-0.2, 0) is 11.3 Å². The number of hydrogen-bond acceptors (Lipinski definition) is 5. The average Bonchev–Trinajstić information content (AvgIpc) is 3.22. The van der Waals surface area contributed by atoms with Crippen molar-refractivity contribution >= 4 is 12.0 Å². The number of carbonyl (C=O) groups excluding carboxylic acids is 2. The van der Waals surface area contributed by atoms with Crippen molar-refractivity contribution < 1.29 is 18.7 Å². The fourth-order valence-electron chi connectivity index (χ4n) is 1.95. The van der Waals surface area contributed by atoms with E-state index in [0.29, 0.717) is 12.4 Å². The first-order chi connectivity index (χ1) is 10.2. The lowest BCUT2D eigenvalue weighted by molar-refractivity contribution is 0.0594. The van der Waals surface area contributed by atoms with Crippen molar-refractivity contribution in [3.8, 4) is 0 Å². The second-order valence-corrected chi connectivity index (χ2v) is 5.06. The summed E-state index contributed by atoms with van der Waals surface area (Å²) in [5, 5.41) is 2.89. The molecule has 21 heavy (non-hydrogen) atoms. The van der Waals surface area contributed by atoms with E-state index in [2.05, 4.69) is 22.0 Å². The molecule has 0 spiro atoms. The predicted octanol–water partition coefficient (Wildman–Crippen LogP) is 1.94. The predicted molar refractivity (Wildman–Crippen MR) is 74.7 cm³/mol. The SMILES string of the molecule is CCCCNC(=O)N(Cc1nc(C(=O)OC)co1)C1CC1. The maximum atomic E-state index is 12.2. The molecule has 1 aliphatic carbocycles. The van der Waals surface area contributed by atoms with Crippen LogP contribution < -0.4 is 5.32 Å². The van der Waals surface area contributed by atoms with Crippen molar-refractivity contribution in [2.45, 2.75) is 45.2 Å². The summed E-state index contributed by atoms with van der Waals surface area (Å²) in [5.41, 5.74) is 0.120. The normalized spacial score (nSPS) is 13.8. The van der Waals surface area contributed by atoms with Gasteiger partial charge in [-0.3, -0.25) is 0 Å². The van der Waals surface area contributed by atoms with E-state index in [4.69, 9.17) is 4.42 Å². The number of ether oxygens (including phenoxy) is 1. The number of rotatable bonds is 7. The number of esters is 1. The Morgan fingerprint density at radius 1 is 1.52 bits per heavy atom. The first-order valence-electron chi connectivity index (χ1n) is 7.23. The van der Waals surface area contributed by atoms with E-state index < -0.39 is 5.97 Å². The molecule has 7 nitrogen and oxygen atoms in total. The summed E-state index contributed by atoms with van der Waals surface area (Å²) in [6.07, 6.45) is 5.22. The molecule has 0 aromatic carbocycles. The maximum Gasteiger partial charge on any atom is 0.360 e. The van der Waals surface area contributed by atoms with Crippen molar-refractivity contribution in [2.24, 2.45) is 0 Å². The van der Waals surface area contributed by atoms with Gasteiger partial charge in [-0.15, -0.1) is 0 Å². The van der Waals surface area contributed by atoms with Crippen LogP contribution in [0.2, 0.25) is 0 Å². The first-order valence-corrected chi connectivity index (χ1v) is 7.23. The molecule has 1 aliphatic rings. The Morgan fingerprint density at radius 2 is 2.29 bits per heavy atom. The minimum absolute atomic E-state index is 0.108. The van der Waals surface area contributed by atoms with Gasteiger partial charge in [-0.1, -0.05) is 13.3 Å². The zero-order valence-corrected chi connectivity index (χ0v) is 12.4. The van der Waals surface area contributed by atoms with Crippen LogP contribution in [0.25, 0.3) is 0 Å². The number of amides is 2. The van der Waals surface area contributed by atoms with E-state index in [0.717, 1.165) is 25.7 Å². The van der Waals surface area contributed by atoms with E-state index in [1.807, 2.05) is 0 Å². The van der Waals surface area contributed by atoms with Crippen molar-refractivity contribution in [3.63, 3.8) is 0 Å². The number of oxazole rings is 1. The second kappa shape index (κ2) is 7.10. The average molecular weight is 295 g/mol. The van der Waals surface area contributed by atoms with Crippen LogP contribution in [0.3, 0.4) is 0 Å². The number of urea groups is 1. The van der Waals surface area contributed by atoms with Gasteiger partial charge in [-0.25, -0.2) is 14.6 Å². The molecule has 1 fully saturated rings. The van der Waals surface area contributed by atoms with E-state index >= 15 is 0 Å². The van der Waals surface area contributed by atoms with E-state index in [1.165, 1.54) is 13.4 Å².